The fraction of sp³-hybridized carbons (Fsp3) is 0.0435. The number of hydrogen-bond donors (Lipinski definition) is 0. The van der Waals surface area contributed by atoms with Gasteiger partial charge in [-0.2, -0.15) is 0 Å². The number of rotatable bonds is 5. The average molecular weight is 433 g/mol. The van der Waals surface area contributed by atoms with E-state index in [4.69, 9.17) is 0 Å². The molecule has 8 heteroatoms. The minimum atomic E-state index is -0.435. The van der Waals surface area contributed by atoms with Gasteiger partial charge in [0.05, 0.1) is 10.6 Å². The minimum absolute atomic E-state index is 0.00769. The van der Waals surface area contributed by atoms with Gasteiger partial charge in [0.25, 0.3) is 11.6 Å². The number of anilines is 1. The smallest absolute Gasteiger partial charge is 0.266 e. The lowest BCUT2D eigenvalue weighted by molar-refractivity contribution is -0.385. The molecule has 3 aromatic carbocycles. The van der Waals surface area contributed by atoms with E-state index in [0.29, 0.717) is 16.4 Å². The quantitative estimate of drug-likeness (QED) is 0.306. The number of nitrogens with zero attached hydrogens (tertiary/aromatic N) is 3. The molecule has 0 radical (unpaired) electrons. The Morgan fingerprint density at radius 3 is 2.39 bits per heavy atom. The van der Waals surface area contributed by atoms with Gasteiger partial charge in [0.2, 0.25) is 0 Å². The number of hydrogen-bond acceptors (Lipinski definition) is 5. The number of para-hydroxylation sites is 1. The van der Waals surface area contributed by atoms with Gasteiger partial charge in [-0.1, -0.05) is 60.3 Å². The van der Waals surface area contributed by atoms with Crippen molar-refractivity contribution in [2.75, 3.05) is 4.90 Å². The number of carbonyl (C=O) groups is 1. The van der Waals surface area contributed by atoms with Crippen molar-refractivity contribution in [1.29, 1.82) is 0 Å². The van der Waals surface area contributed by atoms with E-state index in [1.165, 1.54) is 47.0 Å². The van der Waals surface area contributed by atoms with Crippen LogP contribution >= 0.6 is 11.8 Å². The Morgan fingerprint density at radius 1 is 1.00 bits per heavy atom. The number of benzene rings is 3. The standard InChI is InChI=1S/C23H16FN3O3S/c24-18-10-12-19(13-11-18)26-22(28)20(14-16-6-2-1-3-7-16)25-23(26)31-15-17-8-4-5-9-21(17)27(29)30/h1-14H,15H2/b20-14-. The summed E-state index contributed by atoms with van der Waals surface area (Å²) < 4.78 is 13.4. The van der Waals surface area contributed by atoms with Gasteiger partial charge in [0.15, 0.2) is 5.17 Å². The highest BCUT2D eigenvalue weighted by Gasteiger charge is 2.32. The summed E-state index contributed by atoms with van der Waals surface area (Å²) in [6, 6.07) is 21.3. The predicted octanol–water partition coefficient (Wildman–Crippen LogP) is 5.41. The van der Waals surface area contributed by atoms with Crippen LogP contribution in [0.3, 0.4) is 0 Å². The number of amidine groups is 1. The van der Waals surface area contributed by atoms with E-state index in [2.05, 4.69) is 4.99 Å². The van der Waals surface area contributed by atoms with E-state index in [9.17, 15) is 19.3 Å². The lowest BCUT2D eigenvalue weighted by atomic mass is 10.2. The van der Waals surface area contributed by atoms with E-state index in [0.717, 1.165) is 5.56 Å². The van der Waals surface area contributed by atoms with E-state index in [1.807, 2.05) is 30.3 Å². The van der Waals surface area contributed by atoms with Crippen molar-refractivity contribution in [2.45, 2.75) is 5.75 Å². The molecule has 31 heavy (non-hydrogen) atoms. The molecule has 0 N–H and O–H groups in total. The molecule has 0 saturated carbocycles. The molecular weight excluding hydrogens is 417 g/mol. The van der Waals surface area contributed by atoms with Gasteiger partial charge >= 0.3 is 0 Å². The van der Waals surface area contributed by atoms with Crippen LogP contribution < -0.4 is 4.90 Å². The van der Waals surface area contributed by atoms with Crippen molar-refractivity contribution in [2.24, 2.45) is 4.99 Å². The fourth-order valence-corrected chi connectivity index (χ4v) is 4.08. The highest BCUT2D eigenvalue weighted by atomic mass is 32.2. The number of aliphatic imine (C=N–C) groups is 1. The van der Waals surface area contributed by atoms with Crippen molar-refractivity contribution < 1.29 is 14.1 Å². The summed E-state index contributed by atoms with van der Waals surface area (Å²) in [5, 5.41) is 11.7. The van der Waals surface area contributed by atoms with E-state index in [1.54, 1.807) is 24.3 Å². The maximum absolute atomic E-state index is 13.4. The summed E-state index contributed by atoms with van der Waals surface area (Å²) in [5.74, 6) is -0.512. The van der Waals surface area contributed by atoms with E-state index in [-0.39, 0.29) is 23.0 Å². The molecule has 0 aliphatic carbocycles. The van der Waals surface area contributed by atoms with Gasteiger partial charge in [-0.25, -0.2) is 9.38 Å². The molecule has 0 fully saturated rings. The Balaban J connectivity index is 1.68. The molecule has 4 rings (SSSR count). The van der Waals surface area contributed by atoms with Gasteiger partial charge < -0.3 is 0 Å². The number of nitro groups is 1. The van der Waals surface area contributed by atoms with Crippen LogP contribution in [0.25, 0.3) is 6.08 Å². The lowest BCUT2D eigenvalue weighted by Gasteiger charge is -2.17. The highest BCUT2D eigenvalue weighted by molar-refractivity contribution is 8.13. The summed E-state index contributed by atoms with van der Waals surface area (Å²) in [4.78, 5) is 29.9. The predicted molar refractivity (Wildman–Crippen MR) is 120 cm³/mol. The Morgan fingerprint density at radius 2 is 1.68 bits per heavy atom. The Bertz CT molecular complexity index is 1190. The monoisotopic (exact) mass is 433 g/mol. The van der Waals surface area contributed by atoms with E-state index < -0.39 is 10.7 Å². The van der Waals surface area contributed by atoms with Gasteiger partial charge in [-0.3, -0.25) is 19.8 Å². The minimum Gasteiger partial charge on any atom is -0.266 e. The molecule has 0 aromatic heterocycles. The van der Waals surface area contributed by atoms with Crippen LogP contribution in [0.2, 0.25) is 0 Å². The second-order valence-electron chi connectivity index (χ2n) is 6.63. The third-order valence-electron chi connectivity index (χ3n) is 4.56. The zero-order chi connectivity index (χ0) is 21.8. The molecular formula is C23H16FN3O3S. The zero-order valence-corrected chi connectivity index (χ0v) is 17.0. The zero-order valence-electron chi connectivity index (χ0n) is 16.1. The van der Waals surface area contributed by atoms with Crippen LogP contribution in [0, 0.1) is 15.9 Å². The lowest BCUT2D eigenvalue weighted by Crippen LogP contribution is -2.30. The molecule has 0 saturated heterocycles. The van der Waals surface area contributed by atoms with Crippen LogP contribution in [-0.2, 0) is 10.5 Å². The number of carbonyl (C=O) groups excluding carboxylic acids is 1. The first-order chi connectivity index (χ1) is 15.0. The van der Waals surface area contributed by atoms with Crippen LogP contribution in [-0.4, -0.2) is 16.0 Å². The van der Waals surface area contributed by atoms with Crippen molar-refractivity contribution in [3.63, 3.8) is 0 Å². The van der Waals surface area contributed by atoms with Crippen molar-refractivity contribution in [3.8, 4) is 0 Å². The second-order valence-corrected chi connectivity index (χ2v) is 7.57. The maximum atomic E-state index is 13.4. The first-order valence-corrected chi connectivity index (χ1v) is 10.3. The van der Waals surface area contributed by atoms with E-state index >= 15 is 0 Å². The van der Waals surface area contributed by atoms with Crippen LogP contribution in [0.15, 0.2) is 89.6 Å². The molecule has 3 aromatic rings. The molecule has 0 atom stereocenters. The molecule has 0 spiro atoms. The van der Waals surface area contributed by atoms with Gasteiger partial charge in [0, 0.05) is 17.4 Å². The molecule has 1 aliphatic rings. The first-order valence-electron chi connectivity index (χ1n) is 9.33. The van der Waals surface area contributed by atoms with Crippen molar-refractivity contribution >= 4 is 40.3 Å². The Labute approximate surface area is 181 Å². The highest BCUT2D eigenvalue weighted by Crippen LogP contribution is 2.32. The largest absolute Gasteiger partial charge is 0.283 e. The second kappa shape index (κ2) is 8.93. The van der Waals surface area contributed by atoms with Crippen LogP contribution in [0.1, 0.15) is 11.1 Å². The Kier molecular flexibility index (Phi) is 5.90. The van der Waals surface area contributed by atoms with Gasteiger partial charge in [-0.15, -0.1) is 0 Å². The normalized spacial score (nSPS) is 14.7. The average Bonchev–Trinajstić information content (AvgIpc) is 3.08. The fourth-order valence-electron chi connectivity index (χ4n) is 3.07. The Hall–Kier alpha value is -3.78. The molecule has 0 bridgehead atoms. The summed E-state index contributed by atoms with van der Waals surface area (Å²) in [6.45, 7) is 0. The molecule has 1 amide bonds. The molecule has 1 aliphatic heterocycles. The number of halogens is 1. The topological polar surface area (TPSA) is 75.8 Å². The first kappa shape index (κ1) is 20.5. The summed E-state index contributed by atoms with van der Waals surface area (Å²) in [7, 11) is 0. The molecule has 154 valence electrons. The summed E-state index contributed by atoms with van der Waals surface area (Å²) in [6.07, 6.45) is 1.68. The van der Waals surface area contributed by atoms with Crippen molar-refractivity contribution in [1.82, 2.24) is 0 Å². The van der Waals surface area contributed by atoms with Crippen molar-refractivity contribution in [3.05, 3.63) is 112 Å². The summed E-state index contributed by atoms with van der Waals surface area (Å²) in [5.41, 5.74) is 2.05. The SMILES string of the molecule is O=C1/C(=C/c2ccccc2)N=C(SCc2ccccc2[N+](=O)[O-])N1c1ccc(F)cc1. The molecule has 1 heterocycles. The van der Waals surface area contributed by atoms with Crippen LogP contribution in [0.4, 0.5) is 15.8 Å². The molecule has 6 nitrogen and oxygen atoms in total. The number of amides is 1. The molecule has 0 unspecified atom stereocenters. The van der Waals surface area contributed by atoms with Gasteiger partial charge in [-0.05, 0) is 35.9 Å². The summed E-state index contributed by atoms with van der Waals surface area (Å²) >= 11 is 1.21. The van der Waals surface area contributed by atoms with Gasteiger partial charge in [0.1, 0.15) is 11.5 Å². The number of thioether (sulfide) groups is 1. The van der Waals surface area contributed by atoms with Crippen LogP contribution in [0.5, 0.6) is 0 Å². The third kappa shape index (κ3) is 4.54. The number of nitro benzene ring substituents is 1. The third-order valence-corrected chi connectivity index (χ3v) is 5.55. The maximum Gasteiger partial charge on any atom is 0.283 e.